The van der Waals surface area contributed by atoms with E-state index >= 15 is 0 Å². The van der Waals surface area contributed by atoms with Crippen LogP contribution in [0.25, 0.3) is 0 Å². The maximum atomic E-state index is 12.7. The van der Waals surface area contributed by atoms with Gasteiger partial charge in [0.1, 0.15) is 6.04 Å². The maximum absolute atomic E-state index is 12.7. The van der Waals surface area contributed by atoms with Crippen LogP contribution in [0.4, 0.5) is 0 Å². The molecule has 142 valence electrons. The van der Waals surface area contributed by atoms with Crippen molar-refractivity contribution in [2.75, 3.05) is 7.11 Å². The van der Waals surface area contributed by atoms with Crippen LogP contribution >= 0.6 is 23.2 Å². The van der Waals surface area contributed by atoms with Crippen molar-refractivity contribution < 1.29 is 14.3 Å². The molecule has 0 aliphatic heterocycles. The fraction of sp³-hybridized carbons (Fsp3) is 0.333. The van der Waals surface area contributed by atoms with Gasteiger partial charge < -0.3 is 10.1 Å². The SMILES string of the molecule is COC(=O)[C@@H](NC(=O)[C@@H]1C[C@@H]1c1cc(Cl)cc(Cl)c1)[C@H](C)c1ccccc1. The van der Waals surface area contributed by atoms with Gasteiger partial charge >= 0.3 is 5.97 Å². The molecule has 1 aliphatic carbocycles. The Balaban J connectivity index is 1.71. The number of halogens is 2. The minimum Gasteiger partial charge on any atom is -0.467 e. The Labute approximate surface area is 168 Å². The second-order valence-corrected chi connectivity index (χ2v) is 7.73. The summed E-state index contributed by atoms with van der Waals surface area (Å²) in [4.78, 5) is 25.0. The maximum Gasteiger partial charge on any atom is 0.328 e. The molecule has 6 heteroatoms. The lowest BCUT2D eigenvalue weighted by Gasteiger charge is -2.23. The van der Waals surface area contributed by atoms with E-state index in [2.05, 4.69) is 5.32 Å². The molecule has 2 aromatic carbocycles. The van der Waals surface area contributed by atoms with E-state index in [-0.39, 0.29) is 23.7 Å². The summed E-state index contributed by atoms with van der Waals surface area (Å²) in [6.45, 7) is 1.90. The number of benzene rings is 2. The van der Waals surface area contributed by atoms with E-state index in [4.69, 9.17) is 27.9 Å². The third-order valence-electron chi connectivity index (χ3n) is 5.02. The molecule has 0 bridgehead atoms. The molecule has 27 heavy (non-hydrogen) atoms. The molecule has 1 saturated carbocycles. The summed E-state index contributed by atoms with van der Waals surface area (Å²) in [6, 6.07) is 14.2. The third-order valence-corrected chi connectivity index (χ3v) is 5.45. The third kappa shape index (κ3) is 4.63. The Morgan fingerprint density at radius 3 is 2.33 bits per heavy atom. The van der Waals surface area contributed by atoms with Crippen LogP contribution in [0.1, 0.15) is 36.3 Å². The first-order valence-corrected chi connectivity index (χ1v) is 9.55. The zero-order valence-corrected chi connectivity index (χ0v) is 16.6. The molecule has 0 aromatic heterocycles. The summed E-state index contributed by atoms with van der Waals surface area (Å²) in [5.41, 5.74) is 1.90. The first kappa shape index (κ1) is 19.7. The number of carbonyl (C=O) groups excluding carboxylic acids is 2. The second-order valence-electron chi connectivity index (χ2n) is 6.86. The van der Waals surface area contributed by atoms with Crippen LogP contribution < -0.4 is 5.32 Å². The van der Waals surface area contributed by atoms with Crippen LogP contribution in [0.5, 0.6) is 0 Å². The Kier molecular flexibility index (Phi) is 6.08. The monoisotopic (exact) mass is 405 g/mol. The number of hydrogen-bond donors (Lipinski definition) is 1. The van der Waals surface area contributed by atoms with Gasteiger partial charge in [0.2, 0.25) is 5.91 Å². The fourth-order valence-electron chi connectivity index (χ4n) is 3.37. The molecule has 1 aliphatic rings. The van der Waals surface area contributed by atoms with E-state index in [1.54, 1.807) is 6.07 Å². The van der Waals surface area contributed by atoms with Gasteiger partial charge in [-0.3, -0.25) is 4.79 Å². The second kappa shape index (κ2) is 8.32. The van der Waals surface area contributed by atoms with Crippen LogP contribution in [-0.2, 0) is 14.3 Å². The average Bonchev–Trinajstić information content (AvgIpc) is 3.46. The first-order chi connectivity index (χ1) is 12.9. The first-order valence-electron chi connectivity index (χ1n) is 8.80. The molecule has 1 fully saturated rings. The van der Waals surface area contributed by atoms with E-state index in [9.17, 15) is 9.59 Å². The Bertz CT molecular complexity index is 820. The predicted octanol–water partition coefficient (Wildman–Crippen LogP) is 4.56. The van der Waals surface area contributed by atoms with E-state index in [1.807, 2.05) is 49.4 Å². The number of methoxy groups -OCH3 is 1. The van der Waals surface area contributed by atoms with Crippen molar-refractivity contribution in [2.24, 2.45) is 5.92 Å². The summed E-state index contributed by atoms with van der Waals surface area (Å²) < 4.78 is 4.91. The number of esters is 1. The predicted molar refractivity (Wildman–Crippen MR) is 106 cm³/mol. The molecular weight excluding hydrogens is 385 g/mol. The van der Waals surface area contributed by atoms with Gasteiger partial charge in [-0.15, -0.1) is 0 Å². The standard InChI is InChI=1S/C21H21Cl2NO3/c1-12(13-6-4-3-5-7-13)19(21(26)27-2)24-20(25)18-11-17(18)14-8-15(22)10-16(23)9-14/h3-10,12,17-19H,11H2,1-2H3,(H,24,25)/t12-,17-,18-,19+/m1/s1. The molecule has 0 unspecified atom stereocenters. The quantitative estimate of drug-likeness (QED) is 0.716. The van der Waals surface area contributed by atoms with Crippen LogP contribution in [0.15, 0.2) is 48.5 Å². The van der Waals surface area contributed by atoms with Gasteiger partial charge in [-0.05, 0) is 41.7 Å². The summed E-state index contributed by atoms with van der Waals surface area (Å²) in [5, 5.41) is 3.98. The number of rotatable bonds is 6. The molecule has 2 aromatic rings. The number of hydrogen-bond acceptors (Lipinski definition) is 3. The van der Waals surface area contributed by atoms with Gasteiger partial charge in [-0.1, -0.05) is 60.5 Å². The highest BCUT2D eigenvalue weighted by atomic mass is 35.5. The lowest BCUT2D eigenvalue weighted by Crippen LogP contribution is -2.45. The molecule has 0 radical (unpaired) electrons. The van der Waals surface area contributed by atoms with Crippen molar-refractivity contribution in [3.05, 3.63) is 69.7 Å². The van der Waals surface area contributed by atoms with Crippen molar-refractivity contribution in [1.29, 1.82) is 0 Å². The van der Waals surface area contributed by atoms with Gasteiger partial charge in [0, 0.05) is 21.9 Å². The summed E-state index contributed by atoms with van der Waals surface area (Å²) in [6.07, 6.45) is 0.704. The molecular formula is C21H21Cl2NO3. The van der Waals surface area contributed by atoms with E-state index in [0.29, 0.717) is 16.5 Å². The summed E-state index contributed by atoms with van der Waals surface area (Å²) in [5.74, 6) is -0.960. The topological polar surface area (TPSA) is 55.4 Å². The lowest BCUT2D eigenvalue weighted by molar-refractivity contribution is -0.145. The van der Waals surface area contributed by atoms with Crippen molar-refractivity contribution in [1.82, 2.24) is 5.32 Å². The highest BCUT2D eigenvalue weighted by molar-refractivity contribution is 6.34. The normalized spacial score (nSPS) is 20.4. The molecule has 0 heterocycles. The van der Waals surface area contributed by atoms with Crippen LogP contribution in [0.2, 0.25) is 10.0 Å². The van der Waals surface area contributed by atoms with E-state index in [1.165, 1.54) is 7.11 Å². The van der Waals surface area contributed by atoms with Crippen LogP contribution in [0, 0.1) is 5.92 Å². The molecule has 4 atom stereocenters. The smallest absolute Gasteiger partial charge is 0.328 e. The van der Waals surface area contributed by atoms with Gasteiger partial charge in [0.15, 0.2) is 0 Å². The fourth-order valence-corrected chi connectivity index (χ4v) is 3.91. The number of ether oxygens (including phenoxy) is 1. The number of carbonyl (C=O) groups is 2. The molecule has 0 spiro atoms. The lowest BCUT2D eigenvalue weighted by atomic mass is 9.93. The van der Waals surface area contributed by atoms with Crippen molar-refractivity contribution >= 4 is 35.1 Å². The van der Waals surface area contributed by atoms with Gasteiger partial charge in [-0.25, -0.2) is 4.79 Å². The molecule has 0 saturated heterocycles. The van der Waals surface area contributed by atoms with Crippen molar-refractivity contribution in [2.45, 2.75) is 31.2 Å². The van der Waals surface area contributed by atoms with Crippen LogP contribution in [-0.4, -0.2) is 25.0 Å². The summed E-state index contributed by atoms with van der Waals surface area (Å²) in [7, 11) is 1.33. The average molecular weight is 406 g/mol. The molecule has 4 nitrogen and oxygen atoms in total. The van der Waals surface area contributed by atoms with Gasteiger partial charge in [0.25, 0.3) is 0 Å². The van der Waals surface area contributed by atoms with Crippen molar-refractivity contribution in [3.63, 3.8) is 0 Å². The Morgan fingerprint density at radius 1 is 1.11 bits per heavy atom. The highest BCUT2D eigenvalue weighted by Gasteiger charge is 2.45. The molecule has 1 amide bonds. The van der Waals surface area contributed by atoms with Crippen molar-refractivity contribution in [3.8, 4) is 0 Å². The highest BCUT2D eigenvalue weighted by Crippen LogP contribution is 2.48. The Morgan fingerprint density at radius 2 is 1.74 bits per heavy atom. The largest absolute Gasteiger partial charge is 0.467 e. The van der Waals surface area contributed by atoms with E-state index < -0.39 is 12.0 Å². The zero-order chi connectivity index (χ0) is 19.6. The zero-order valence-electron chi connectivity index (χ0n) is 15.1. The minimum absolute atomic E-state index is 0.0616. The van der Waals surface area contributed by atoms with Gasteiger partial charge in [0.05, 0.1) is 7.11 Å². The summed E-state index contributed by atoms with van der Waals surface area (Å²) >= 11 is 12.1. The van der Waals surface area contributed by atoms with Gasteiger partial charge in [-0.2, -0.15) is 0 Å². The number of nitrogens with one attached hydrogen (secondary N) is 1. The minimum atomic E-state index is -0.742. The van der Waals surface area contributed by atoms with Crippen LogP contribution in [0.3, 0.4) is 0 Å². The molecule has 3 rings (SSSR count). The molecule has 1 N–H and O–H groups in total. The Hall–Kier alpha value is -2.04. The number of amides is 1. The van der Waals surface area contributed by atoms with E-state index in [0.717, 1.165) is 11.1 Å².